The second-order valence-corrected chi connectivity index (χ2v) is 8.85. The van der Waals surface area contributed by atoms with Crippen molar-refractivity contribution in [2.24, 2.45) is 17.3 Å². The number of hydrogen-bond acceptors (Lipinski definition) is 1. The quantitative estimate of drug-likeness (QED) is 0.620. The summed E-state index contributed by atoms with van der Waals surface area (Å²) in [6, 6.07) is 13.8. The maximum atomic E-state index is 13.0. The van der Waals surface area contributed by atoms with Crippen molar-refractivity contribution in [3.63, 3.8) is 0 Å². The number of carbonyl (C=O) groups is 1. The van der Waals surface area contributed by atoms with Gasteiger partial charge in [0.1, 0.15) is 0 Å². The predicted molar refractivity (Wildman–Crippen MR) is 110 cm³/mol. The van der Waals surface area contributed by atoms with Crippen molar-refractivity contribution < 1.29 is 4.79 Å². The van der Waals surface area contributed by atoms with E-state index in [4.69, 9.17) is 23.2 Å². The van der Waals surface area contributed by atoms with Gasteiger partial charge in [-0.05, 0) is 60.4 Å². The Morgan fingerprint density at radius 2 is 1.73 bits per heavy atom. The summed E-state index contributed by atoms with van der Waals surface area (Å²) in [5, 5.41) is 4.23. The van der Waals surface area contributed by atoms with Crippen LogP contribution in [0, 0.1) is 24.2 Å². The molecule has 0 unspecified atom stereocenters. The summed E-state index contributed by atoms with van der Waals surface area (Å²) in [7, 11) is 0. The highest BCUT2D eigenvalue weighted by molar-refractivity contribution is 6.42. The molecule has 1 N–H and O–H groups in total. The van der Waals surface area contributed by atoms with Gasteiger partial charge >= 0.3 is 0 Å². The average Bonchev–Trinajstić information content (AvgIpc) is 2.83. The van der Waals surface area contributed by atoms with E-state index in [0.29, 0.717) is 16.0 Å². The highest BCUT2D eigenvalue weighted by atomic mass is 35.5. The van der Waals surface area contributed by atoms with Crippen LogP contribution in [0.1, 0.15) is 44.2 Å². The number of halogens is 2. The SMILES string of the molecule is Cc1ccc(NC(=O)[C@H]2C[C@H](c3ccc(Cl)c(Cl)c3)[C@H](C)C2(C)C)cc1. The monoisotopic (exact) mass is 389 g/mol. The van der Waals surface area contributed by atoms with E-state index in [1.807, 2.05) is 49.4 Å². The predicted octanol–water partition coefficient (Wildman–Crippen LogP) is 6.71. The maximum absolute atomic E-state index is 13.0. The first-order valence-corrected chi connectivity index (χ1v) is 9.78. The van der Waals surface area contributed by atoms with E-state index in [1.165, 1.54) is 5.56 Å². The Hall–Kier alpha value is -1.51. The molecule has 0 aromatic heterocycles. The molecule has 1 fully saturated rings. The van der Waals surface area contributed by atoms with Gasteiger partial charge in [-0.15, -0.1) is 0 Å². The summed E-state index contributed by atoms with van der Waals surface area (Å²) in [6.45, 7) is 8.64. The first kappa shape index (κ1) is 19.3. The molecule has 3 rings (SSSR count). The summed E-state index contributed by atoms with van der Waals surface area (Å²) in [6.07, 6.45) is 0.809. The molecule has 0 radical (unpaired) electrons. The Morgan fingerprint density at radius 1 is 1.08 bits per heavy atom. The lowest BCUT2D eigenvalue weighted by Gasteiger charge is -2.31. The topological polar surface area (TPSA) is 29.1 Å². The number of aryl methyl sites for hydroxylation is 1. The van der Waals surface area contributed by atoms with Crippen molar-refractivity contribution in [2.75, 3.05) is 5.32 Å². The van der Waals surface area contributed by atoms with Gasteiger partial charge in [0.05, 0.1) is 10.0 Å². The second kappa shape index (κ2) is 7.25. The minimum Gasteiger partial charge on any atom is -0.326 e. The fourth-order valence-electron chi connectivity index (χ4n) is 4.08. The molecule has 3 atom stereocenters. The first-order chi connectivity index (χ1) is 12.2. The molecule has 1 aliphatic carbocycles. The summed E-state index contributed by atoms with van der Waals surface area (Å²) in [5.41, 5.74) is 3.08. The minimum absolute atomic E-state index is 0.0572. The van der Waals surface area contributed by atoms with Gasteiger partial charge in [-0.2, -0.15) is 0 Å². The Labute approximate surface area is 165 Å². The highest BCUT2D eigenvalue weighted by Crippen LogP contribution is 2.55. The highest BCUT2D eigenvalue weighted by Gasteiger charge is 2.50. The molecule has 26 heavy (non-hydrogen) atoms. The first-order valence-electron chi connectivity index (χ1n) is 9.02. The molecule has 2 aromatic rings. The summed E-state index contributed by atoms with van der Waals surface area (Å²) in [5.74, 6) is 0.675. The summed E-state index contributed by atoms with van der Waals surface area (Å²) in [4.78, 5) is 13.0. The van der Waals surface area contributed by atoms with Crippen LogP contribution >= 0.6 is 23.2 Å². The number of rotatable bonds is 3. The second-order valence-electron chi connectivity index (χ2n) is 8.03. The average molecular weight is 390 g/mol. The molecule has 0 saturated heterocycles. The molecular formula is C22H25Cl2NO. The lowest BCUT2D eigenvalue weighted by Crippen LogP contribution is -2.33. The number of anilines is 1. The minimum atomic E-state index is -0.106. The lowest BCUT2D eigenvalue weighted by molar-refractivity contribution is -0.122. The molecule has 0 spiro atoms. The van der Waals surface area contributed by atoms with Gasteiger partial charge in [-0.1, -0.05) is 67.7 Å². The summed E-state index contributed by atoms with van der Waals surface area (Å²) >= 11 is 12.3. The molecular weight excluding hydrogens is 365 g/mol. The number of benzene rings is 2. The van der Waals surface area contributed by atoms with Crippen LogP contribution in [0.5, 0.6) is 0 Å². The van der Waals surface area contributed by atoms with Crippen molar-refractivity contribution in [3.05, 3.63) is 63.6 Å². The maximum Gasteiger partial charge on any atom is 0.228 e. The third-order valence-corrected chi connectivity index (χ3v) is 6.91. The molecule has 4 heteroatoms. The van der Waals surface area contributed by atoms with Crippen molar-refractivity contribution in [1.82, 2.24) is 0 Å². The van der Waals surface area contributed by atoms with Gasteiger partial charge < -0.3 is 5.32 Å². The summed E-state index contributed by atoms with van der Waals surface area (Å²) < 4.78 is 0. The van der Waals surface area contributed by atoms with Crippen LogP contribution < -0.4 is 5.32 Å². The Kier molecular flexibility index (Phi) is 5.37. The smallest absolute Gasteiger partial charge is 0.228 e. The Balaban J connectivity index is 1.82. The molecule has 0 heterocycles. The van der Waals surface area contributed by atoms with Gasteiger partial charge in [0.25, 0.3) is 0 Å². The largest absolute Gasteiger partial charge is 0.326 e. The van der Waals surface area contributed by atoms with Crippen molar-refractivity contribution in [2.45, 2.75) is 40.0 Å². The molecule has 138 valence electrons. The van der Waals surface area contributed by atoms with E-state index in [1.54, 1.807) is 0 Å². The zero-order valence-corrected chi connectivity index (χ0v) is 17.2. The lowest BCUT2D eigenvalue weighted by atomic mass is 9.74. The third kappa shape index (κ3) is 3.63. The van der Waals surface area contributed by atoms with Crippen LogP contribution in [0.2, 0.25) is 10.0 Å². The number of hydrogen-bond donors (Lipinski definition) is 1. The van der Waals surface area contributed by atoms with E-state index >= 15 is 0 Å². The molecule has 0 bridgehead atoms. The van der Waals surface area contributed by atoms with E-state index < -0.39 is 0 Å². The molecule has 1 amide bonds. The third-order valence-electron chi connectivity index (χ3n) is 6.17. The number of carbonyl (C=O) groups excluding carboxylic acids is 1. The van der Waals surface area contributed by atoms with Gasteiger partial charge in [-0.3, -0.25) is 4.79 Å². The Morgan fingerprint density at radius 3 is 2.35 bits per heavy atom. The van der Waals surface area contributed by atoms with Gasteiger partial charge in [0.2, 0.25) is 5.91 Å². The van der Waals surface area contributed by atoms with Crippen LogP contribution in [-0.4, -0.2) is 5.91 Å². The van der Waals surface area contributed by atoms with Crippen molar-refractivity contribution in [1.29, 1.82) is 0 Å². The van der Waals surface area contributed by atoms with Gasteiger partial charge in [0, 0.05) is 11.6 Å². The normalized spacial score (nSPS) is 24.5. The van der Waals surface area contributed by atoms with Crippen LogP contribution in [-0.2, 0) is 4.79 Å². The van der Waals surface area contributed by atoms with E-state index in [0.717, 1.165) is 17.7 Å². The van der Waals surface area contributed by atoms with Crippen LogP contribution in [0.4, 0.5) is 5.69 Å². The molecule has 1 saturated carbocycles. The molecule has 0 aliphatic heterocycles. The van der Waals surface area contributed by atoms with Gasteiger partial charge in [-0.25, -0.2) is 0 Å². The number of amides is 1. The van der Waals surface area contributed by atoms with Crippen molar-refractivity contribution in [3.8, 4) is 0 Å². The molecule has 2 nitrogen and oxygen atoms in total. The number of nitrogens with one attached hydrogen (secondary N) is 1. The fraction of sp³-hybridized carbons (Fsp3) is 0.409. The molecule has 2 aromatic carbocycles. The van der Waals surface area contributed by atoms with E-state index in [2.05, 4.69) is 26.1 Å². The Bertz CT molecular complexity index is 813. The van der Waals surface area contributed by atoms with Gasteiger partial charge in [0.15, 0.2) is 0 Å². The fourth-order valence-corrected chi connectivity index (χ4v) is 4.38. The van der Waals surface area contributed by atoms with Crippen molar-refractivity contribution >= 4 is 34.8 Å². The van der Waals surface area contributed by atoms with Crippen LogP contribution in [0.3, 0.4) is 0 Å². The zero-order chi connectivity index (χ0) is 19.1. The molecule has 1 aliphatic rings. The zero-order valence-electron chi connectivity index (χ0n) is 15.6. The van der Waals surface area contributed by atoms with E-state index in [9.17, 15) is 4.79 Å². The van der Waals surface area contributed by atoms with E-state index in [-0.39, 0.29) is 23.2 Å². The van der Waals surface area contributed by atoms with Crippen LogP contribution in [0.25, 0.3) is 0 Å². The standard InChI is InChI=1S/C22H25Cl2NO/c1-13-5-8-16(9-6-13)25-21(26)18-12-17(14(2)22(18,3)4)15-7-10-19(23)20(24)11-15/h5-11,14,17-18H,12H2,1-4H3,(H,25,26)/t14-,17-,18+/m0/s1. The van der Waals surface area contributed by atoms with Crippen LogP contribution in [0.15, 0.2) is 42.5 Å².